The van der Waals surface area contributed by atoms with Crippen LogP contribution in [0.2, 0.25) is 0 Å². The molecule has 3 aromatic heterocycles. The molecule has 0 unspecified atom stereocenters. The van der Waals surface area contributed by atoms with Crippen molar-refractivity contribution in [1.29, 1.82) is 0 Å². The maximum absolute atomic E-state index is 13.1. The number of hydrogen-bond donors (Lipinski definition) is 0. The topological polar surface area (TPSA) is 68.2 Å². The number of aromatic nitrogens is 3. The number of benzene rings is 1. The van der Waals surface area contributed by atoms with Gasteiger partial charge in [0, 0.05) is 6.20 Å². The monoisotopic (exact) mass is 346 g/mol. The van der Waals surface area contributed by atoms with Crippen LogP contribution >= 0.6 is 11.3 Å². The molecule has 0 spiro atoms. The third-order valence-corrected chi connectivity index (χ3v) is 4.70. The van der Waals surface area contributed by atoms with E-state index in [-0.39, 0.29) is 5.91 Å². The number of fused-ring (bicyclic) bond motifs is 3. The van der Waals surface area contributed by atoms with Crippen molar-refractivity contribution in [2.24, 2.45) is 0 Å². The van der Waals surface area contributed by atoms with Crippen LogP contribution in [0, 0.1) is 0 Å². The zero-order valence-corrected chi connectivity index (χ0v) is 13.6. The molecule has 0 bridgehead atoms. The molecule has 0 saturated carbocycles. The summed E-state index contributed by atoms with van der Waals surface area (Å²) in [6.07, 6.45) is 1.62. The molecule has 7 heteroatoms. The molecular formula is C18H10N4O2S. The van der Waals surface area contributed by atoms with Crippen molar-refractivity contribution in [3.63, 3.8) is 0 Å². The highest BCUT2D eigenvalue weighted by Crippen LogP contribution is 2.44. The Labute approximate surface area is 146 Å². The first-order valence-electron chi connectivity index (χ1n) is 7.59. The molecule has 0 saturated heterocycles. The molecule has 0 radical (unpaired) electrons. The summed E-state index contributed by atoms with van der Waals surface area (Å²) in [6.45, 7) is 0. The summed E-state index contributed by atoms with van der Waals surface area (Å²) >= 11 is 1.37. The van der Waals surface area contributed by atoms with E-state index in [1.807, 2.05) is 35.7 Å². The Bertz CT molecular complexity index is 1110. The normalized spacial score (nSPS) is 12.4. The van der Waals surface area contributed by atoms with Crippen LogP contribution in [-0.4, -0.2) is 20.9 Å². The molecule has 1 aromatic carbocycles. The highest BCUT2D eigenvalue weighted by molar-refractivity contribution is 7.12. The standard InChI is InChI=1S/C18H10N4O2S/c23-18(14-8-4-10-25-14)22-15-13(7-3-9-19-15)24-17-16(22)20-11-5-1-2-6-12(11)21-17/h1-10H. The summed E-state index contributed by atoms with van der Waals surface area (Å²) in [6, 6.07) is 14.6. The van der Waals surface area contributed by atoms with Gasteiger partial charge in [0.05, 0.1) is 15.9 Å². The molecule has 4 aromatic rings. The number of anilines is 2. The van der Waals surface area contributed by atoms with E-state index in [0.29, 0.717) is 39.2 Å². The third kappa shape index (κ3) is 2.17. The molecule has 0 fully saturated rings. The number of nitrogens with zero attached hydrogens (tertiary/aromatic N) is 4. The first kappa shape index (κ1) is 14.1. The highest BCUT2D eigenvalue weighted by atomic mass is 32.1. The van der Waals surface area contributed by atoms with Gasteiger partial charge >= 0.3 is 0 Å². The van der Waals surface area contributed by atoms with Gasteiger partial charge < -0.3 is 4.74 Å². The van der Waals surface area contributed by atoms with Gasteiger partial charge in [0.25, 0.3) is 11.8 Å². The molecule has 120 valence electrons. The van der Waals surface area contributed by atoms with Crippen LogP contribution in [0.1, 0.15) is 9.67 Å². The van der Waals surface area contributed by atoms with Gasteiger partial charge in [0.1, 0.15) is 0 Å². The smallest absolute Gasteiger partial charge is 0.275 e. The molecule has 0 atom stereocenters. The Morgan fingerprint density at radius 1 is 0.960 bits per heavy atom. The van der Waals surface area contributed by atoms with Crippen LogP contribution in [0.15, 0.2) is 60.1 Å². The number of rotatable bonds is 1. The average Bonchev–Trinajstić information content (AvgIpc) is 3.19. The fraction of sp³-hybridized carbons (Fsp3) is 0. The number of thiophene rings is 1. The maximum atomic E-state index is 13.1. The van der Waals surface area contributed by atoms with E-state index in [9.17, 15) is 4.79 Å². The van der Waals surface area contributed by atoms with Crippen LogP contribution in [-0.2, 0) is 0 Å². The Hall–Kier alpha value is -3.32. The second kappa shape index (κ2) is 5.35. The lowest BCUT2D eigenvalue weighted by Gasteiger charge is -2.27. The van der Waals surface area contributed by atoms with Gasteiger partial charge in [0.2, 0.25) is 5.82 Å². The Morgan fingerprint density at radius 3 is 2.60 bits per heavy atom. The van der Waals surface area contributed by atoms with Gasteiger partial charge in [-0.2, -0.15) is 0 Å². The van der Waals surface area contributed by atoms with Gasteiger partial charge in [-0.15, -0.1) is 11.3 Å². The van der Waals surface area contributed by atoms with E-state index in [2.05, 4.69) is 15.0 Å². The van der Waals surface area contributed by atoms with Crippen molar-refractivity contribution in [3.05, 3.63) is 65.0 Å². The van der Waals surface area contributed by atoms with Crippen LogP contribution in [0.5, 0.6) is 11.6 Å². The van der Waals surface area contributed by atoms with E-state index in [0.717, 1.165) is 0 Å². The summed E-state index contributed by atoms with van der Waals surface area (Å²) in [5, 5.41) is 1.86. The second-order valence-electron chi connectivity index (χ2n) is 5.39. The Kier molecular flexibility index (Phi) is 3.01. The molecule has 25 heavy (non-hydrogen) atoms. The molecule has 0 aliphatic carbocycles. The summed E-state index contributed by atoms with van der Waals surface area (Å²) < 4.78 is 5.86. The van der Waals surface area contributed by atoms with Crippen LogP contribution in [0.3, 0.4) is 0 Å². The molecule has 4 heterocycles. The number of carbonyl (C=O) groups is 1. The maximum Gasteiger partial charge on any atom is 0.275 e. The van der Waals surface area contributed by atoms with E-state index < -0.39 is 0 Å². The number of hydrogen-bond acceptors (Lipinski definition) is 6. The van der Waals surface area contributed by atoms with Crippen molar-refractivity contribution in [1.82, 2.24) is 15.0 Å². The lowest BCUT2D eigenvalue weighted by molar-refractivity contribution is 0.0999. The summed E-state index contributed by atoms with van der Waals surface area (Å²) in [4.78, 5) is 28.6. The van der Waals surface area contributed by atoms with Crippen molar-refractivity contribution in [3.8, 4) is 11.6 Å². The molecule has 0 N–H and O–H groups in total. The molecular weight excluding hydrogens is 336 g/mol. The number of amides is 1. The first-order chi connectivity index (χ1) is 12.3. The van der Waals surface area contributed by atoms with Gasteiger partial charge in [-0.3, -0.25) is 4.79 Å². The lowest BCUT2D eigenvalue weighted by Crippen LogP contribution is -2.30. The SMILES string of the molecule is O=C(c1cccs1)N1c2ncccc2Oc2nc3ccccc3nc21. The first-order valence-corrected chi connectivity index (χ1v) is 8.47. The largest absolute Gasteiger partial charge is 0.432 e. The minimum absolute atomic E-state index is 0.205. The predicted octanol–water partition coefficient (Wildman–Crippen LogP) is 4.17. The number of para-hydroxylation sites is 2. The van der Waals surface area contributed by atoms with Crippen LogP contribution in [0.25, 0.3) is 11.0 Å². The van der Waals surface area contributed by atoms with Crippen molar-refractivity contribution >= 4 is 39.9 Å². The fourth-order valence-corrected chi connectivity index (χ4v) is 3.38. The fourth-order valence-electron chi connectivity index (χ4n) is 2.73. The molecule has 1 aliphatic rings. The molecule has 6 nitrogen and oxygen atoms in total. The Morgan fingerprint density at radius 2 is 1.80 bits per heavy atom. The van der Waals surface area contributed by atoms with Crippen molar-refractivity contribution < 1.29 is 9.53 Å². The van der Waals surface area contributed by atoms with E-state index in [1.54, 1.807) is 24.4 Å². The minimum Gasteiger partial charge on any atom is -0.432 e. The summed E-state index contributed by atoms with van der Waals surface area (Å²) in [5.41, 5.74) is 1.39. The average molecular weight is 346 g/mol. The molecule has 5 rings (SSSR count). The molecule has 1 amide bonds. The van der Waals surface area contributed by atoms with Gasteiger partial charge in [-0.25, -0.2) is 19.9 Å². The number of pyridine rings is 1. The van der Waals surface area contributed by atoms with E-state index in [1.165, 1.54) is 16.2 Å². The van der Waals surface area contributed by atoms with Gasteiger partial charge in [0.15, 0.2) is 11.6 Å². The summed E-state index contributed by atoms with van der Waals surface area (Å²) in [7, 11) is 0. The van der Waals surface area contributed by atoms with E-state index >= 15 is 0 Å². The number of ether oxygens (including phenoxy) is 1. The predicted molar refractivity (Wildman–Crippen MR) is 94.6 cm³/mol. The third-order valence-electron chi connectivity index (χ3n) is 3.84. The van der Waals surface area contributed by atoms with Gasteiger partial charge in [-0.05, 0) is 35.7 Å². The molecule has 1 aliphatic heterocycles. The lowest BCUT2D eigenvalue weighted by atomic mass is 10.2. The summed E-state index contributed by atoms with van der Waals surface area (Å²) in [5.74, 6) is 1.33. The number of carbonyl (C=O) groups excluding carboxylic acids is 1. The Balaban J connectivity index is 1.77. The quantitative estimate of drug-likeness (QED) is 0.517. The van der Waals surface area contributed by atoms with Crippen molar-refractivity contribution in [2.45, 2.75) is 0 Å². The second-order valence-corrected chi connectivity index (χ2v) is 6.33. The van der Waals surface area contributed by atoms with E-state index in [4.69, 9.17) is 4.74 Å². The van der Waals surface area contributed by atoms with Crippen LogP contribution in [0.4, 0.5) is 11.6 Å². The zero-order chi connectivity index (χ0) is 16.8. The van der Waals surface area contributed by atoms with Crippen molar-refractivity contribution in [2.75, 3.05) is 4.90 Å². The minimum atomic E-state index is -0.205. The highest BCUT2D eigenvalue weighted by Gasteiger charge is 2.34. The zero-order valence-electron chi connectivity index (χ0n) is 12.8. The van der Waals surface area contributed by atoms with Gasteiger partial charge in [-0.1, -0.05) is 18.2 Å². The van der Waals surface area contributed by atoms with Crippen LogP contribution < -0.4 is 9.64 Å².